The van der Waals surface area contributed by atoms with Crippen LogP contribution in [0.5, 0.6) is 0 Å². The highest BCUT2D eigenvalue weighted by molar-refractivity contribution is 4.76. The molecule has 3 unspecified atom stereocenters. The van der Waals surface area contributed by atoms with Crippen molar-refractivity contribution in [3.63, 3.8) is 0 Å². The molecular formula is C11H23NO. The molecule has 0 aromatic rings. The van der Waals surface area contributed by atoms with Gasteiger partial charge in [0.05, 0.1) is 6.10 Å². The van der Waals surface area contributed by atoms with E-state index in [1.807, 2.05) is 6.92 Å². The van der Waals surface area contributed by atoms with E-state index in [2.05, 4.69) is 18.7 Å². The molecule has 2 heteroatoms. The van der Waals surface area contributed by atoms with Crippen molar-refractivity contribution < 1.29 is 5.11 Å². The smallest absolute Gasteiger partial charge is 0.0524 e. The molecule has 0 radical (unpaired) electrons. The highest BCUT2D eigenvalue weighted by Crippen LogP contribution is 2.22. The van der Waals surface area contributed by atoms with Crippen LogP contribution in [0.3, 0.4) is 0 Å². The van der Waals surface area contributed by atoms with Crippen LogP contribution in [0.4, 0.5) is 0 Å². The van der Waals surface area contributed by atoms with Gasteiger partial charge in [0.15, 0.2) is 0 Å². The monoisotopic (exact) mass is 185 g/mol. The first-order valence-corrected chi connectivity index (χ1v) is 5.51. The largest absolute Gasteiger partial charge is 0.393 e. The van der Waals surface area contributed by atoms with Crippen molar-refractivity contribution in [2.75, 3.05) is 13.1 Å². The normalized spacial score (nSPS) is 33.2. The van der Waals surface area contributed by atoms with Crippen LogP contribution in [-0.4, -0.2) is 35.2 Å². The maximum atomic E-state index is 9.19. The summed E-state index contributed by atoms with van der Waals surface area (Å²) in [4.78, 5) is 2.51. The molecular weight excluding hydrogens is 162 g/mol. The Balaban J connectivity index is 2.25. The van der Waals surface area contributed by atoms with Crippen LogP contribution < -0.4 is 0 Å². The topological polar surface area (TPSA) is 23.5 Å². The van der Waals surface area contributed by atoms with Gasteiger partial charge in [-0.15, -0.1) is 0 Å². The van der Waals surface area contributed by atoms with Gasteiger partial charge in [-0.25, -0.2) is 0 Å². The Labute approximate surface area is 81.9 Å². The van der Waals surface area contributed by atoms with E-state index in [1.165, 1.54) is 19.4 Å². The van der Waals surface area contributed by atoms with Crippen LogP contribution in [0.2, 0.25) is 0 Å². The lowest BCUT2D eigenvalue weighted by molar-refractivity contribution is 0.100. The van der Waals surface area contributed by atoms with Gasteiger partial charge in [0.2, 0.25) is 0 Å². The molecule has 0 saturated carbocycles. The second-order valence-electron chi connectivity index (χ2n) is 4.65. The van der Waals surface area contributed by atoms with Crippen molar-refractivity contribution in [3.05, 3.63) is 0 Å². The zero-order chi connectivity index (χ0) is 9.84. The minimum Gasteiger partial charge on any atom is -0.393 e. The Bertz CT molecular complexity index is 147. The number of aliphatic hydroxyl groups excluding tert-OH is 1. The fourth-order valence-corrected chi connectivity index (χ4v) is 2.14. The Morgan fingerprint density at radius 2 is 2.15 bits per heavy atom. The van der Waals surface area contributed by atoms with E-state index in [9.17, 15) is 5.11 Å². The number of aliphatic hydroxyl groups is 1. The van der Waals surface area contributed by atoms with E-state index >= 15 is 0 Å². The Morgan fingerprint density at radius 1 is 1.46 bits per heavy atom. The number of rotatable bonds is 3. The van der Waals surface area contributed by atoms with Crippen molar-refractivity contribution in [1.82, 2.24) is 4.90 Å². The van der Waals surface area contributed by atoms with Gasteiger partial charge in [-0.2, -0.15) is 0 Å². The van der Waals surface area contributed by atoms with Crippen LogP contribution in [0.1, 0.15) is 40.0 Å². The lowest BCUT2D eigenvalue weighted by Crippen LogP contribution is -2.41. The van der Waals surface area contributed by atoms with Crippen LogP contribution >= 0.6 is 0 Å². The molecule has 0 aliphatic carbocycles. The van der Waals surface area contributed by atoms with Gasteiger partial charge in [-0.05, 0) is 45.6 Å². The molecule has 78 valence electrons. The highest BCUT2D eigenvalue weighted by Gasteiger charge is 2.22. The van der Waals surface area contributed by atoms with Crippen LogP contribution in [-0.2, 0) is 0 Å². The van der Waals surface area contributed by atoms with Gasteiger partial charge in [0.25, 0.3) is 0 Å². The van der Waals surface area contributed by atoms with E-state index in [-0.39, 0.29) is 6.10 Å². The Morgan fingerprint density at radius 3 is 2.69 bits per heavy atom. The SMILES string of the molecule is CC(O)CCN1CCC(C)CC1C. The summed E-state index contributed by atoms with van der Waals surface area (Å²) in [6, 6.07) is 0.711. The first-order chi connectivity index (χ1) is 6.09. The lowest BCUT2D eigenvalue weighted by atomic mass is 9.93. The summed E-state index contributed by atoms with van der Waals surface area (Å²) in [6.07, 6.45) is 3.41. The maximum Gasteiger partial charge on any atom is 0.0524 e. The fraction of sp³-hybridized carbons (Fsp3) is 1.00. The fourth-order valence-electron chi connectivity index (χ4n) is 2.14. The molecule has 1 fully saturated rings. The lowest BCUT2D eigenvalue weighted by Gasteiger charge is -2.36. The molecule has 1 aliphatic heterocycles. The first-order valence-electron chi connectivity index (χ1n) is 5.51. The third-order valence-electron chi connectivity index (χ3n) is 3.11. The molecule has 2 nitrogen and oxygen atoms in total. The van der Waals surface area contributed by atoms with Crippen molar-refractivity contribution in [3.8, 4) is 0 Å². The average Bonchev–Trinajstić information content (AvgIpc) is 2.02. The maximum absolute atomic E-state index is 9.19. The van der Waals surface area contributed by atoms with Gasteiger partial charge >= 0.3 is 0 Å². The van der Waals surface area contributed by atoms with E-state index in [4.69, 9.17) is 0 Å². The Kier molecular flexibility index (Phi) is 4.20. The minimum absolute atomic E-state index is 0.147. The number of likely N-dealkylation sites (tertiary alicyclic amines) is 1. The zero-order valence-corrected chi connectivity index (χ0v) is 9.16. The first kappa shape index (κ1) is 11.0. The summed E-state index contributed by atoms with van der Waals surface area (Å²) in [5.74, 6) is 0.887. The second kappa shape index (κ2) is 4.97. The van der Waals surface area contributed by atoms with Crippen LogP contribution in [0.15, 0.2) is 0 Å². The molecule has 1 rings (SSSR count). The zero-order valence-electron chi connectivity index (χ0n) is 9.16. The van der Waals surface area contributed by atoms with E-state index in [0.717, 1.165) is 18.9 Å². The summed E-state index contributed by atoms with van der Waals surface area (Å²) in [5, 5.41) is 9.19. The standard InChI is InChI=1S/C11H23NO/c1-9-4-6-12(10(2)8-9)7-5-11(3)13/h9-11,13H,4-8H2,1-3H3. The second-order valence-corrected chi connectivity index (χ2v) is 4.65. The Hall–Kier alpha value is -0.0800. The third-order valence-corrected chi connectivity index (χ3v) is 3.11. The minimum atomic E-state index is -0.147. The quantitative estimate of drug-likeness (QED) is 0.725. The molecule has 0 amide bonds. The number of hydrogen-bond acceptors (Lipinski definition) is 2. The molecule has 0 spiro atoms. The summed E-state index contributed by atoms with van der Waals surface area (Å²) in [5.41, 5.74) is 0. The molecule has 0 bridgehead atoms. The van der Waals surface area contributed by atoms with Crippen LogP contribution in [0, 0.1) is 5.92 Å². The van der Waals surface area contributed by atoms with Gasteiger partial charge in [-0.3, -0.25) is 0 Å². The van der Waals surface area contributed by atoms with E-state index in [1.54, 1.807) is 0 Å². The number of hydrogen-bond donors (Lipinski definition) is 1. The molecule has 3 atom stereocenters. The molecule has 1 heterocycles. The van der Waals surface area contributed by atoms with E-state index < -0.39 is 0 Å². The van der Waals surface area contributed by atoms with Gasteiger partial charge in [-0.1, -0.05) is 6.92 Å². The van der Waals surface area contributed by atoms with Crippen LogP contribution in [0.25, 0.3) is 0 Å². The molecule has 1 saturated heterocycles. The van der Waals surface area contributed by atoms with Gasteiger partial charge in [0.1, 0.15) is 0 Å². The molecule has 0 aromatic heterocycles. The molecule has 1 aliphatic rings. The summed E-state index contributed by atoms with van der Waals surface area (Å²) < 4.78 is 0. The van der Waals surface area contributed by atoms with Crippen molar-refractivity contribution in [1.29, 1.82) is 0 Å². The van der Waals surface area contributed by atoms with Crippen molar-refractivity contribution >= 4 is 0 Å². The predicted molar refractivity (Wildman–Crippen MR) is 55.7 cm³/mol. The molecule has 1 N–H and O–H groups in total. The number of piperidine rings is 1. The summed E-state index contributed by atoms with van der Waals surface area (Å²) in [6.45, 7) is 8.79. The van der Waals surface area contributed by atoms with Crippen molar-refractivity contribution in [2.24, 2.45) is 5.92 Å². The number of nitrogens with zero attached hydrogens (tertiary/aromatic N) is 1. The van der Waals surface area contributed by atoms with E-state index in [0.29, 0.717) is 6.04 Å². The summed E-state index contributed by atoms with van der Waals surface area (Å²) >= 11 is 0. The molecule has 13 heavy (non-hydrogen) atoms. The predicted octanol–water partition coefficient (Wildman–Crippen LogP) is 1.88. The van der Waals surface area contributed by atoms with Gasteiger partial charge in [0, 0.05) is 12.6 Å². The molecule has 0 aromatic carbocycles. The highest BCUT2D eigenvalue weighted by atomic mass is 16.3. The third kappa shape index (κ3) is 3.65. The van der Waals surface area contributed by atoms with Gasteiger partial charge < -0.3 is 10.0 Å². The van der Waals surface area contributed by atoms with Crippen molar-refractivity contribution in [2.45, 2.75) is 52.2 Å². The summed E-state index contributed by atoms with van der Waals surface area (Å²) in [7, 11) is 0. The average molecular weight is 185 g/mol.